The maximum Gasteiger partial charge on any atom is 0.0602 e. The van der Waals surface area contributed by atoms with Gasteiger partial charge >= 0.3 is 0 Å². The fourth-order valence-electron chi connectivity index (χ4n) is 9.60. The number of hydrogen-bond acceptors (Lipinski definition) is 2. The number of nitrogens with zero attached hydrogens (tertiary/aromatic N) is 4. The van der Waals surface area contributed by atoms with Gasteiger partial charge in [0.05, 0.1) is 27.8 Å². The molecule has 0 spiro atoms. The molecule has 0 aliphatic carbocycles. The average Bonchev–Trinajstić information content (AvgIpc) is 3.87. The molecule has 6 aromatic rings. The molecule has 2 aromatic heterocycles. The number of aryl methyl sites for hydroxylation is 5. The van der Waals surface area contributed by atoms with Gasteiger partial charge in [-0.25, -0.2) is 0 Å². The molecular weight excluding hydrogens is 881 g/mol. The van der Waals surface area contributed by atoms with Gasteiger partial charge in [-0.2, -0.15) is 0 Å². The Kier molecular flexibility index (Phi) is 15.6. The van der Waals surface area contributed by atoms with Crippen LogP contribution in [0.25, 0.3) is 34.2 Å². The van der Waals surface area contributed by atoms with E-state index in [1.54, 1.807) is 5.56 Å². The maximum atomic E-state index is 4.71. The molecule has 0 bridgehead atoms. The summed E-state index contributed by atoms with van der Waals surface area (Å²) in [6.45, 7) is 26.0. The molecule has 0 unspecified atom stereocenters. The fraction of sp³-hybridized carbons (Fsp3) is 0.375. The summed E-state index contributed by atoms with van der Waals surface area (Å²) in [4.78, 5) is 9.21. The Hall–Kier alpha value is -3.62. The molecule has 293 valence electrons. The topological polar surface area (TPSA) is 35.6 Å². The van der Waals surface area contributed by atoms with Gasteiger partial charge in [0.25, 0.3) is 0 Å². The molecule has 6 rings (SSSR count). The molecule has 0 aliphatic heterocycles. The fourth-order valence-corrected chi connectivity index (χ4v) is 25.7. The maximum absolute atomic E-state index is 4.71. The average molecular weight is 943 g/mol. The van der Waals surface area contributed by atoms with Crippen LogP contribution in [-0.4, -0.2) is 35.2 Å². The summed E-state index contributed by atoms with van der Waals surface area (Å²) in [6.07, 6.45) is 7.88. The number of imidazole rings is 2. The molecular formula is C48H62IrN4Si2-2. The molecule has 2 heterocycles. The molecule has 0 N–H and O–H groups in total. The summed E-state index contributed by atoms with van der Waals surface area (Å²) in [5, 5.41) is 0.830. The SMILES string of the molecule is CC[Si](CC)(CC)C(c1cc(C)c(-n2ccnc2-c2[c-]cccc2)c(C)c1)[Si](CC)(CC)CC.Cc1cc(C)c(-n2ccnc2-c2[c-]cccc2)c(C)c1.[Ir]. The van der Waals surface area contributed by atoms with Crippen LogP contribution in [0.1, 0.15) is 80.1 Å². The summed E-state index contributed by atoms with van der Waals surface area (Å²) in [5.74, 6) is 1.90. The zero-order valence-corrected chi connectivity index (χ0v) is 39.6. The standard InChI is InChI=1S/C30H45N2Si2.C18H17N2.Ir/c1-9-33(10-2,11-3)30(34(12-4,13-5)14-6)27-22-24(7)28(25(8)23-27)32-21-20-31-29(32)26-18-16-15-17-19-26;1-13-11-14(2)17(15(3)12-13)20-10-9-19-18(20)16-7-5-4-6-8-16;/h15-18,20-23,30H,9-14H2,1-8H3;4-7,9-12H,1-3H3;/q2*-1;. The first-order valence-corrected chi connectivity index (χ1v) is 25.6. The van der Waals surface area contributed by atoms with Crippen molar-refractivity contribution < 1.29 is 20.1 Å². The zero-order valence-electron chi connectivity index (χ0n) is 35.2. The molecule has 0 saturated carbocycles. The molecule has 0 atom stereocenters. The molecule has 1 radical (unpaired) electrons. The predicted molar refractivity (Wildman–Crippen MR) is 236 cm³/mol. The zero-order chi connectivity index (χ0) is 39.0. The third-order valence-corrected chi connectivity index (χ3v) is 27.8. The van der Waals surface area contributed by atoms with E-state index in [1.807, 2.05) is 55.0 Å². The second-order valence-corrected chi connectivity index (χ2v) is 26.7. The molecule has 4 aromatic carbocycles. The Morgan fingerprint density at radius 1 is 0.545 bits per heavy atom. The molecule has 0 fully saturated rings. The first-order valence-electron chi connectivity index (χ1n) is 20.2. The number of aromatic nitrogens is 4. The number of rotatable bonds is 13. The third kappa shape index (κ3) is 9.01. The van der Waals surface area contributed by atoms with Crippen LogP contribution in [0.2, 0.25) is 36.3 Å². The minimum Gasteiger partial charge on any atom is -0.340 e. The largest absolute Gasteiger partial charge is 0.340 e. The predicted octanol–water partition coefficient (Wildman–Crippen LogP) is 13.4. The molecule has 4 nitrogen and oxygen atoms in total. The van der Waals surface area contributed by atoms with Gasteiger partial charge in [0.15, 0.2) is 0 Å². The van der Waals surface area contributed by atoms with Gasteiger partial charge < -0.3 is 9.13 Å². The molecule has 0 amide bonds. The van der Waals surface area contributed by atoms with Gasteiger partial charge in [-0.05, 0) is 67.6 Å². The van der Waals surface area contributed by atoms with E-state index >= 15 is 0 Å². The van der Waals surface area contributed by atoms with Gasteiger partial charge in [0, 0.05) is 56.3 Å². The van der Waals surface area contributed by atoms with E-state index in [9.17, 15) is 0 Å². The van der Waals surface area contributed by atoms with Crippen molar-refractivity contribution in [3.8, 4) is 34.2 Å². The van der Waals surface area contributed by atoms with Crippen LogP contribution in [0.3, 0.4) is 0 Å². The van der Waals surface area contributed by atoms with Crippen molar-refractivity contribution in [1.29, 1.82) is 0 Å². The summed E-state index contributed by atoms with van der Waals surface area (Å²) < 4.78 is 4.42. The van der Waals surface area contributed by atoms with Crippen LogP contribution in [-0.2, 0) is 20.1 Å². The van der Waals surface area contributed by atoms with Crippen LogP contribution >= 0.6 is 0 Å². The molecule has 0 aliphatic rings. The first-order chi connectivity index (χ1) is 26.0. The van der Waals surface area contributed by atoms with E-state index in [1.165, 1.54) is 75.5 Å². The van der Waals surface area contributed by atoms with Crippen LogP contribution in [0.4, 0.5) is 0 Å². The molecule has 7 heteroatoms. The molecule has 55 heavy (non-hydrogen) atoms. The van der Waals surface area contributed by atoms with Crippen molar-refractivity contribution in [2.45, 2.75) is 118 Å². The van der Waals surface area contributed by atoms with Gasteiger partial charge in [0.1, 0.15) is 0 Å². The second kappa shape index (κ2) is 19.5. The van der Waals surface area contributed by atoms with Crippen molar-refractivity contribution in [2.24, 2.45) is 0 Å². The quantitative estimate of drug-likeness (QED) is 0.0854. The van der Waals surface area contributed by atoms with Crippen molar-refractivity contribution in [3.63, 3.8) is 0 Å². The van der Waals surface area contributed by atoms with Gasteiger partial charge in [0.2, 0.25) is 0 Å². The minimum absolute atomic E-state index is 0. The van der Waals surface area contributed by atoms with Crippen LogP contribution < -0.4 is 0 Å². The number of hydrogen-bond donors (Lipinski definition) is 0. The summed E-state index contributed by atoms with van der Waals surface area (Å²) in [6, 6.07) is 40.6. The van der Waals surface area contributed by atoms with E-state index in [0.29, 0.717) is 0 Å². The monoisotopic (exact) mass is 943 g/mol. The van der Waals surface area contributed by atoms with Gasteiger partial charge in [-0.1, -0.05) is 108 Å². The Balaban J connectivity index is 0.000000272. The van der Waals surface area contributed by atoms with E-state index in [0.717, 1.165) is 27.9 Å². The Bertz CT molecular complexity index is 2030. The Morgan fingerprint density at radius 2 is 0.909 bits per heavy atom. The van der Waals surface area contributed by atoms with Crippen LogP contribution in [0.5, 0.6) is 0 Å². The van der Waals surface area contributed by atoms with Crippen molar-refractivity contribution in [1.82, 2.24) is 19.1 Å². The first kappa shape index (κ1) is 44.1. The van der Waals surface area contributed by atoms with Crippen molar-refractivity contribution >= 4 is 16.1 Å². The van der Waals surface area contributed by atoms with Crippen molar-refractivity contribution in [3.05, 3.63) is 143 Å². The summed E-state index contributed by atoms with van der Waals surface area (Å²) in [5.41, 5.74) is 12.7. The summed E-state index contributed by atoms with van der Waals surface area (Å²) in [7, 11) is -2.88. The Labute approximate surface area is 348 Å². The van der Waals surface area contributed by atoms with Crippen LogP contribution in [0.15, 0.2) is 97.6 Å². The van der Waals surface area contributed by atoms with E-state index in [-0.39, 0.29) is 20.1 Å². The van der Waals surface area contributed by atoms with E-state index < -0.39 is 16.1 Å². The Morgan fingerprint density at radius 3 is 1.24 bits per heavy atom. The summed E-state index contributed by atoms with van der Waals surface area (Å²) >= 11 is 0. The second-order valence-electron chi connectivity index (χ2n) is 15.3. The normalized spacial score (nSPS) is 11.6. The minimum atomic E-state index is -1.44. The van der Waals surface area contributed by atoms with E-state index in [2.05, 4.69) is 145 Å². The van der Waals surface area contributed by atoms with Gasteiger partial charge in [-0.15, -0.1) is 71.8 Å². The smallest absolute Gasteiger partial charge is 0.0602 e. The third-order valence-electron chi connectivity index (χ3n) is 12.6. The van der Waals surface area contributed by atoms with Gasteiger partial charge in [-0.3, -0.25) is 9.97 Å². The molecule has 0 saturated heterocycles. The van der Waals surface area contributed by atoms with Crippen molar-refractivity contribution in [2.75, 3.05) is 0 Å². The van der Waals surface area contributed by atoms with Crippen LogP contribution in [0, 0.1) is 46.8 Å². The number of benzene rings is 4. The van der Waals surface area contributed by atoms with E-state index in [4.69, 9.17) is 4.98 Å².